The van der Waals surface area contributed by atoms with Crippen LogP contribution >= 0.6 is 0 Å². The normalized spacial score (nSPS) is 10.8. The zero-order valence-corrected chi connectivity index (χ0v) is 8.47. The van der Waals surface area contributed by atoms with E-state index in [1.807, 2.05) is 6.92 Å². The number of aromatic nitrogens is 2. The second-order valence-corrected chi connectivity index (χ2v) is 3.58. The Bertz CT molecular complexity index is 290. The van der Waals surface area contributed by atoms with Gasteiger partial charge in [0.05, 0.1) is 11.4 Å². The van der Waals surface area contributed by atoms with Crippen LogP contribution < -0.4 is 0 Å². The number of hydrogen-bond acceptors (Lipinski definition) is 2. The standard InChI is InChI=1S/C10H16N2/c1-6(2)10-8(4)7(3)9(5)11-12-10/h6H,1-5H3. The first kappa shape index (κ1) is 9.17. The van der Waals surface area contributed by atoms with Gasteiger partial charge < -0.3 is 0 Å². The zero-order chi connectivity index (χ0) is 9.30. The maximum Gasteiger partial charge on any atom is 0.0688 e. The van der Waals surface area contributed by atoms with Crippen molar-refractivity contribution in [2.75, 3.05) is 0 Å². The van der Waals surface area contributed by atoms with E-state index in [1.165, 1.54) is 11.1 Å². The Balaban J connectivity index is 3.27. The van der Waals surface area contributed by atoms with Crippen LogP contribution in [0.2, 0.25) is 0 Å². The van der Waals surface area contributed by atoms with Crippen LogP contribution in [-0.4, -0.2) is 10.2 Å². The first-order chi connectivity index (χ1) is 5.54. The van der Waals surface area contributed by atoms with Gasteiger partial charge in [-0.3, -0.25) is 0 Å². The van der Waals surface area contributed by atoms with Crippen LogP contribution in [0.5, 0.6) is 0 Å². The Morgan fingerprint density at radius 3 is 2.00 bits per heavy atom. The molecule has 2 heteroatoms. The summed E-state index contributed by atoms with van der Waals surface area (Å²) >= 11 is 0. The largest absolute Gasteiger partial charge is 0.155 e. The van der Waals surface area contributed by atoms with E-state index in [4.69, 9.17) is 0 Å². The van der Waals surface area contributed by atoms with Crippen LogP contribution in [0.15, 0.2) is 0 Å². The molecule has 0 fully saturated rings. The van der Waals surface area contributed by atoms with Crippen molar-refractivity contribution in [2.45, 2.75) is 40.5 Å². The van der Waals surface area contributed by atoms with Gasteiger partial charge in [-0.1, -0.05) is 13.8 Å². The smallest absolute Gasteiger partial charge is 0.0688 e. The fourth-order valence-corrected chi connectivity index (χ4v) is 1.29. The Morgan fingerprint density at radius 1 is 0.917 bits per heavy atom. The molecule has 0 aliphatic heterocycles. The molecule has 0 aliphatic rings. The average molecular weight is 164 g/mol. The number of hydrogen-bond donors (Lipinski definition) is 0. The Labute approximate surface area is 74.0 Å². The summed E-state index contributed by atoms with van der Waals surface area (Å²) in [6.07, 6.45) is 0. The molecule has 0 bridgehead atoms. The fourth-order valence-electron chi connectivity index (χ4n) is 1.29. The monoisotopic (exact) mass is 164 g/mol. The second kappa shape index (κ2) is 3.21. The summed E-state index contributed by atoms with van der Waals surface area (Å²) in [5, 5.41) is 8.30. The molecule has 2 nitrogen and oxygen atoms in total. The van der Waals surface area contributed by atoms with Gasteiger partial charge in [0.1, 0.15) is 0 Å². The van der Waals surface area contributed by atoms with Crippen molar-refractivity contribution < 1.29 is 0 Å². The van der Waals surface area contributed by atoms with E-state index in [0.717, 1.165) is 11.4 Å². The molecular weight excluding hydrogens is 148 g/mol. The van der Waals surface area contributed by atoms with Crippen LogP contribution in [0, 0.1) is 20.8 Å². The maximum atomic E-state index is 4.19. The van der Waals surface area contributed by atoms with Crippen molar-refractivity contribution in [3.8, 4) is 0 Å². The lowest BCUT2D eigenvalue weighted by atomic mass is 10.0. The third-order valence-corrected chi connectivity index (χ3v) is 2.34. The number of nitrogens with zero attached hydrogens (tertiary/aromatic N) is 2. The van der Waals surface area contributed by atoms with E-state index in [-0.39, 0.29) is 0 Å². The van der Waals surface area contributed by atoms with Gasteiger partial charge in [0.15, 0.2) is 0 Å². The summed E-state index contributed by atoms with van der Waals surface area (Å²) in [5.74, 6) is 0.469. The van der Waals surface area contributed by atoms with Crippen LogP contribution in [0.25, 0.3) is 0 Å². The van der Waals surface area contributed by atoms with Gasteiger partial charge in [0.2, 0.25) is 0 Å². The highest BCUT2D eigenvalue weighted by Gasteiger charge is 2.09. The molecular formula is C10H16N2. The minimum Gasteiger partial charge on any atom is -0.155 e. The molecule has 0 atom stereocenters. The van der Waals surface area contributed by atoms with Gasteiger partial charge in [-0.05, 0) is 37.8 Å². The molecule has 0 unspecified atom stereocenters. The highest BCUT2D eigenvalue weighted by Crippen LogP contribution is 2.19. The van der Waals surface area contributed by atoms with Gasteiger partial charge in [-0.25, -0.2) is 0 Å². The molecule has 0 saturated heterocycles. The SMILES string of the molecule is Cc1nnc(C(C)C)c(C)c1C. The quantitative estimate of drug-likeness (QED) is 0.637. The minimum atomic E-state index is 0.469. The lowest BCUT2D eigenvalue weighted by Crippen LogP contribution is -2.03. The molecule has 0 aliphatic carbocycles. The van der Waals surface area contributed by atoms with E-state index in [9.17, 15) is 0 Å². The predicted octanol–water partition coefficient (Wildman–Crippen LogP) is 2.53. The maximum absolute atomic E-state index is 4.19. The van der Waals surface area contributed by atoms with Crippen molar-refractivity contribution in [2.24, 2.45) is 0 Å². The Kier molecular flexibility index (Phi) is 2.46. The van der Waals surface area contributed by atoms with Crippen molar-refractivity contribution >= 4 is 0 Å². The topological polar surface area (TPSA) is 25.8 Å². The van der Waals surface area contributed by atoms with Crippen molar-refractivity contribution in [3.63, 3.8) is 0 Å². The van der Waals surface area contributed by atoms with Crippen molar-refractivity contribution in [1.82, 2.24) is 10.2 Å². The highest BCUT2D eigenvalue weighted by molar-refractivity contribution is 5.31. The summed E-state index contributed by atoms with van der Waals surface area (Å²) < 4.78 is 0. The van der Waals surface area contributed by atoms with Crippen molar-refractivity contribution in [1.29, 1.82) is 0 Å². The van der Waals surface area contributed by atoms with Gasteiger partial charge in [-0.15, -0.1) is 0 Å². The molecule has 0 spiro atoms. The molecule has 0 N–H and O–H groups in total. The third kappa shape index (κ3) is 1.47. The third-order valence-electron chi connectivity index (χ3n) is 2.34. The molecule has 0 amide bonds. The zero-order valence-electron chi connectivity index (χ0n) is 8.47. The van der Waals surface area contributed by atoms with Gasteiger partial charge in [0.25, 0.3) is 0 Å². The summed E-state index contributed by atoms with van der Waals surface area (Å²) in [4.78, 5) is 0. The molecule has 1 rings (SSSR count). The molecule has 1 heterocycles. The lowest BCUT2D eigenvalue weighted by Gasteiger charge is -2.10. The van der Waals surface area contributed by atoms with Crippen LogP contribution in [0.3, 0.4) is 0 Å². The molecule has 0 aromatic carbocycles. The molecule has 12 heavy (non-hydrogen) atoms. The summed E-state index contributed by atoms with van der Waals surface area (Å²) in [6, 6.07) is 0. The summed E-state index contributed by atoms with van der Waals surface area (Å²) in [5.41, 5.74) is 4.72. The first-order valence-corrected chi connectivity index (χ1v) is 4.34. The predicted molar refractivity (Wildman–Crippen MR) is 50.3 cm³/mol. The number of rotatable bonds is 1. The Morgan fingerprint density at radius 2 is 1.50 bits per heavy atom. The van der Waals surface area contributed by atoms with Gasteiger partial charge in [-0.2, -0.15) is 10.2 Å². The fraction of sp³-hybridized carbons (Fsp3) is 0.600. The average Bonchev–Trinajstić information content (AvgIpc) is 2.00. The summed E-state index contributed by atoms with van der Waals surface area (Å²) in [7, 11) is 0. The van der Waals surface area contributed by atoms with E-state index in [0.29, 0.717) is 5.92 Å². The van der Waals surface area contributed by atoms with E-state index in [2.05, 4.69) is 37.9 Å². The lowest BCUT2D eigenvalue weighted by molar-refractivity contribution is 0.759. The van der Waals surface area contributed by atoms with Gasteiger partial charge in [0, 0.05) is 0 Å². The van der Waals surface area contributed by atoms with E-state index in [1.54, 1.807) is 0 Å². The Hall–Kier alpha value is -0.920. The molecule has 0 saturated carbocycles. The number of aryl methyl sites for hydroxylation is 1. The first-order valence-electron chi connectivity index (χ1n) is 4.34. The van der Waals surface area contributed by atoms with Crippen LogP contribution in [0.4, 0.5) is 0 Å². The van der Waals surface area contributed by atoms with Crippen LogP contribution in [0.1, 0.15) is 42.3 Å². The van der Waals surface area contributed by atoms with Crippen molar-refractivity contribution in [3.05, 3.63) is 22.5 Å². The molecule has 0 radical (unpaired) electrons. The van der Waals surface area contributed by atoms with E-state index < -0.39 is 0 Å². The minimum absolute atomic E-state index is 0.469. The van der Waals surface area contributed by atoms with Gasteiger partial charge >= 0.3 is 0 Å². The van der Waals surface area contributed by atoms with E-state index >= 15 is 0 Å². The summed E-state index contributed by atoms with van der Waals surface area (Å²) in [6.45, 7) is 10.5. The molecule has 66 valence electrons. The molecule has 1 aromatic heterocycles. The molecule has 1 aromatic rings. The van der Waals surface area contributed by atoms with Crippen LogP contribution in [-0.2, 0) is 0 Å². The highest BCUT2D eigenvalue weighted by atomic mass is 15.1. The second-order valence-electron chi connectivity index (χ2n) is 3.58.